The fraction of sp³-hybridized carbons (Fsp3) is 0.348. The molecule has 0 saturated heterocycles. The van der Waals surface area contributed by atoms with Crippen molar-refractivity contribution in [2.24, 2.45) is 5.92 Å². The topological polar surface area (TPSA) is 90.5 Å². The van der Waals surface area contributed by atoms with Crippen molar-refractivity contribution in [3.8, 4) is 0 Å². The van der Waals surface area contributed by atoms with Crippen molar-refractivity contribution in [3.63, 3.8) is 0 Å². The fourth-order valence-corrected chi connectivity index (χ4v) is 2.95. The second-order valence-corrected chi connectivity index (χ2v) is 8.17. The molecule has 0 heterocycles. The Bertz CT molecular complexity index is 946. The first-order valence-electron chi connectivity index (χ1n) is 10.1. The van der Waals surface area contributed by atoms with E-state index >= 15 is 0 Å². The minimum atomic E-state index is -0.336. The number of hydrogen-bond donors (Lipinski definition) is 3. The van der Waals surface area contributed by atoms with Gasteiger partial charge >= 0.3 is 0 Å². The number of nitrogens with zero attached hydrogens (tertiary/aromatic N) is 1. The van der Waals surface area contributed by atoms with Crippen molar-refractivity contribution < 1.29 is 14.4 Å². The molecular weight excluding hydrogens is 416 g/mol. The molecule has 7 nitrogen and oxygen atoms in total. The summed E-state index contributed by atoms with van der Waals surface area (Å²) in [6, 6.07) is 12.2. The van der Waals surface area contributed by atoms with Gasteiger partial charge in [0.15, 0.2) is 0 Å². The third-order valence-electron chi connectivity index (χ3n) is 4.54. The molecule has 2 aromatic rings. The van der Waals surface area contributed by atoms with Crippen molar-refractivity contribution in [2.75, 3.05) is 37.3 Å². The summed E-state index contributed by atoms with van der Waals surface area (Å²) < 4.78 is 0. The number of hydrogen-bond acceptors (Lipinski definition) is 4. The molecule has 0 bridgehead atoms. The van der Waals surface area contributed by atoms with E-state index in [1.165, 1.54) is 4.90 Å². The van der Waals surface area contributed by atoms with Gasteiger partial charge in [-0.2, -0.15) is 0 Å². The number of anilines is 2. The SMILES string of the molecule is Cc1cc(C(=O)NCC(C)C)ccc1NCC(=O)N(C)CC(=O)Nc1ccccc1Cl. The van der Waals surface area contributed by atoms with E-state index in [1.807, 2.05) is 20.8 Å². The Morgan fingerprint density at radius 2 is 1.77 bits per heavy atom. The molecule has 0 atom stereocenters. The van der Waals surface area contributed by atoms with Gasteiger partial charge in [-0.3, -0.25) is 14.4 Å². The lowest BCUT2D eigenvalue weighted by Gasteiger charge is -2.18. The van der Waals surface area contributed by atoms with Crippen LogP contribution in [0.1, 0.15) is 29.8 Å². The lowest BCUT2D eigenvalue weighted by atomic mass is 10.1. The molecule has 166 valence electrons. The predicted molar refractivity (Wildman–Crippen MR) is 125 cm³/mol. The highest BCUT2D eigenvalue weighted by molar-refractivity contribution is 6.33. The summed E-state index contributed by atoms with van der Waals surface area (Å²) in [5.41, 5.74) is 2.68. The van der Waals surface area contributed by atoms with E-state index in [0.717, 1.165) is 11.3 Å². The third-order valence-corrected chi connectivity index (χ3v) is 4.87. The fourth-order valence-electron chi connectivity index (χ4n) is 2.76. The zero-order valence-electron chi connectivity index (χ0n) is 18.3. The second kappa shape index (κ2) is 11.4. The number of para-hydroxylation sites is 1. The largest absolute Gasteiger partial charge is 0.376 e. The highest BCUT2D eigenvalue weighted by Gasteiger charge is 2.15. The highest BCUT2D eigenvalue weighted by atomic mass is 35.5. The lowest BCUT2D eigenvalue weighted by molar-refractivity contribution is -0.131. The minimum absolute atomic E-state index is 0.0234. The Balaban J connectivity index is 1.86. The summed E-state index contributed by atoms with van der Waals surface area (Å²) >= 11 is 6.03. The number of halogens is 1. The molecule has 0 unspecified atom stereocenters. The molecule has 0 saturated carbocycles. The normalized spacial score (nSPS) is 10.5. The van der Waals surface area contributed by atoms with Crippen molar-refractivity contribution in [1.82, 2.24) is 10.2 Å². The van der Waals surface area contributed by atoms with Crippen molar-refractivity contribution in [1.29, 1.82) is 0 Å². The predicted octanol–water partition coefficient (Wildman–Crippen LogP) is 3.54. The molecule has 0 aromatic heterocycles. The molecular formula is C23H29ClN4O3. The lowest BCUT2D eigenvalue weighted by Crippen LogP contribution is -2.38. The second-order valence-electron chi connectivity index (χ2n) is 7.76. The smallest absolute Gasteiger partial charge is 0.251 e. The molecule has 2 aromatic carbocycles. The van der Waals surface area contributed by atoms with Gasteiger partial charge in [-0.15, -0.1) is 0 Å². The molecule has 0 fully saturated rings. The average molecular weight is 445 g/mol. The van der Waals surface area contributed by atoms with E-state index in [9.17, 15) is 14.4 Å². The van der Waals surface area contributed by atoms with Gasteiger partial charge in [0.2, 0.25) is 11.8 Å². The van der Waals surface area contributed by atoms with Gasteiger partial charge in [0.05, 0.1) is 23.8 Å². The van der Waals surface area contributed by atoms with E-state index in [-0.39, 0.29) is 30.8 Å². The van der Waals surface area contributed by atoms with Crippen LogP contribution in [0.2, 0.25) is 5.02 Å². The summed E-state index contributed by atoms with van der Waals surface area (Å²) in [4.78, 5) is 38.1. The number of nitrogens with one attached hydrogen (secondary N) is 3. The van der Waals surface area contributed by atoms with Gasteiger partial charge in [0.1, 0.15) is 0 Å². The van der Waals surface area contributed by atoms with Crippen LogP contribution >= 0.6 is 11.6 Å². The first-order chi connectivity index (χ1) is 14.7. The van der Waals surface area contributed by atoms with Crippen LogP contribution in [0.4, 0.5) is 11.4 Å². The third kappa shape index (κ3) is 7.61. The summed E-state index contributed by atoms with van der Waals surface area (Å²) in [5, 5.41) is 9.07. The van der Waals surface area contributed by atoms with Crippen LogP contribution in [0.3, 0.4) is 0 Å². The van der Waals surface area contributed by atoms with Crippen LogP contribution in [0.5, 0.6) is 0 Å². The minimum Gasteiger partial charge on any atom is -0.376 e. The summed E-state index contributed by atoms with van der Waals surface area (Å²) in [7, 11) is 1.56. The molecule has 0 radical (unpaired) electrons. The van der Waals surface area contributed by atoms with Crippen molar-refractivity contribution in [3.05, 3.63) is 58.6 Å². The quantitative estimate of drug-likeness (QED) is 0.551. The van der Waals surface area contributed by atoms with Crippen LogP contribution in [-0.2, 0) is 9.59 Å². The number of likely N-dealkylation sites (N-methyl/N-ethyl adjacent to an activating group) is 1. The first kappa shape index (κ1) is 24.2. The van der Waals surface area contributed by atoms with Crippen molar-refractivity contribution >= 4 is 40.7 Å². The van der Waals surface area contributed by atoms with E-state index in [1.54, 1.807) is 49.5 Å². The number of amides is 3. The molecule has 3 N–H and O–H groups in total. The van der Waals surface area contributed by atoms with E-state index in [0.29, 0.717) is 28.7 Å². The molecule has 2 rings (SSSR count). The van der Waals surface area contributed by atoms with Crippen LogP contribution in [-0.4, -0.2) is 49.3 Å². The average Bonchev–Trinajstić information content (AvgIpc) is 2.72. The molecule has 8 heteroatoms. The number of rotatable bonds is 9. The Hall–Kier alpha value is -3.06. The maximum Gasteiger partial charge on any atom is 0.251 e. The van der Waals surface area contributed by atoms with Crippen LogP contribution in [0.25, 0.3) is 0 Å². The Morgan fingerprint density at radius 1 is 1.06 bits per heavy atom. The van der Waals surface area contributed by atoms with E-state index < -0.39 is 0 Å². The summed E-state index contributed by atoms with van der Waals surface area (Å²) in [6.07, 6.45) is 0. The monoisotopic (exact) mass is 444 g/mol. The number of carbonyl (C=O) groups is 3. The van der Waals surface area contributed by atoms with Gasteiger partial charge in [0.25, 0.3) is 5.91 Å². The Morgan fingerprint density at radius 3 is 2.42 bits per heavy atom. The van der Waals surface area contributed by atoms with E-state index in [2.05, 4.69) is 16.0 Å². The molecule has 0 aliphatic carbocycles. The standard InChI is InChI=1S/C23H29ClN4O3/c1-15(2)12-26-23(31)17-9-10-19(16(3)11-17)25-13-22(30)28(4)14-21(29)27-20-8-6-5-7-18(20)24/h5-11,15,25H,12-14H2,1-4H3,(H,26,31)(H,27,29). The van der Waals surface area contributed by atoms with Gasteiger partial charge in [-0.25, -0.2) is 0 Å². The number of aryl methyl sites for hydroxylation is 1. The zero-order valence-corrected chi connectivity index (χ0v) is 19.0. The van der Waals surface area contributed by atoms with Crippen LogP contribution < -0.4 is 16.0 Å². The molecule has 0 aliphatic heterocycles. The molecule has 3 amide bonds. The first-order valence-corrected chi connectivity index (χ1v) is 10.5. The number of carbonyl (C=O) groups excluding carboxylic acids is 3. The Kier molecular flexibility index (Phi) is 8.88. The molecule has 0 aliphatic rings. The zero-order chi connectivity index (χ0) is 23.0. The molecule has 31 heavy (non-hydrogen) atoms. The van der Waals surface area contributed by atoms with Crippen LogP contribution in [0, 0.1) is 12.8 Å². The summed E-state index contributed by atoms with van der Waals surface area (Å²) in [5.74, 6) is -0.325. The van der Waals surface area contributed by atoms with Gasteiger partial charge in [0, 0.05) is 24.8 Å². The van der Waals surface area contributed by atoms with Gasteiger partial charge < -0.3 is 20.9 Å². The highest BCUT2D eigenvalue weighted by Crippen LogP contribution is 2.20. The number of benzene rings is 2. The molecule has 0 spiro atoms. The van der Waals surface area contributed by atoms with Gasteiger partial charge in [-0.1, -0.05) is 37.6 Å². The summed E-state index contributed by atoms with van der Waals surface area (Å²) in [6.45, 7) is 6.48. The van der Waals surface area contributed by atoms with Crippen LogP contribution in [0.15, 0.2) is 42.5 Å². The van der Waals surface area contributed by atoms with E-state index in [4.69, 9.17) is 11.6 Å². The van der Waals surface area contributed by atoms with Crippen molar-refractivity contribution in [2.45, 2.75) is 20.8 Å². The maximum absolute atomic E-state index is 12.4. The van der Waals surface area contributed by atoms with Gasteiger partial charge in [-0.05, 0) is 48.7 Å². The Labute approximate surface area is 188 Å². The maximum atomic E-state index is 12.4.